The van der Waals surface area contributed by atoms with Gasteiger partial charge in [0, 0.05) is 10.3 Å². The molecule has 0 saturated carbocycles. The van der Waals surface area contributed by atoms with Crippen LogP contribution >= 0.6 is 11.3 Å². The molecule has 0 atom stereocenters. The van der Waals surface area contributed by atoms with E-state index in [2.05, 4.69) is 19.2 Å². The predicted molar refractivity (Wildman–Crippen MR) is 64.1 cm³/mol. The molecule has 15 heavy (non-hydrogen) atoms. The number of thiophene rings is 1. The maximum absolute atomic E-state index is 5.20. The molecule has 1 aliphatic carbocycles. The highest BCUT2D eigenvalue weighted by Crippen LogP contribution is 2.37. The third-order valence-electron chi connectivity index (χ3n) is 3.23. The van der Waals surface area contributed by atoms with E-state index >= 15 is 0 Å². The van der Waals surface area contributed by atoms with Crippen LogP contribution in [0.2, 0.25) is 0 Å². The van der Waals surface area contributed by atoms with E-state index < -0.39 is 0 Å². The van der Waals surface area contributed by atoms with E-state index in [1.54, 1.807) is 10.4 Å². The molecule has 2 nitrogen and oxygen atoms in total. The molecule has 0 saturated heterocycles. The van der Waals surface area contributed by atoms with E-state index in [-0.39, 0.29) is 5.41 Å². The summed E-state index contributed by atoms with van der Waals surface area (Å²) in [6.45, 7) is 5.00. The zero-order chi connectivity index (χ0) is 10.9. The zero-order valence-corrected chi connectivity index (χ0v) is 10.3. The third-order valence-corrected chi connectivity index (χ3v) is 4.32. The van der Waals surface area contributed by atoms with Gasteiger partial charge in [-0.2, -0.15) is 0 Å². The highest BCUT2D eigenvalue weighted by Gasteiger charge is 2.27. The monoisotopic (exact) mass is 225 g/mol. The normalized spacial score (nSPS) is 16.5. The first-order valence-corrected chi connectivity index (χ1v) is 6.44. The Morgan fingerprint density at radius 1 is 1.40 bits per heavy atom. The Morgan fingerprint density at radius 2 is 2.13 bits per heavy atom. The Labute approximate surface area is 95.4 Å². The number of nitrogens with two attached hydrogens (primary N) is 1. The largest absolute Gasteiger partial charge is 0.304 e. The second-order valence-electron chi connectivity index (χ2n) is 4.95. The van der Waals surface area contributed by atoms with Gasteiger partial charge in [0.15, 0.2) is 0 Å². The van der Waals surface area contributed by atoms with Crippen molar-refractivity contribution in [3.63, 3.8) is 0 Å². The number of hydrogen-bond acceptors (Lipinski definition) is 3. The maximum atomic E-state index is 5.20. The van der Waals surface area contributed by atoms with Crippen LogP contribution in [-0.4, -0.2) is 6.61 Å². The van der Waals surface area contributed by atoms with Crippen molar-refractivity contribution in [2.75, 3.05) is 6.61 Å². The fraction of sp³-hybridized carbons (Fsp3) is 0.667. The number of hydrogen-bond donors (Lipinski definition) is 1. The smallest absolute Gasteiger partial charge is 0.0770 e. The summed E-state index contributed by atoms with van der Waals surface area (Å²) in [5.74, 6) is 5.20. The van der Waals surface area contributed by atoms with Gasteiger partial charge in [-0.3, -0.25) is 0 Å². The average Bonchev–Trinajstić information content (AvgIpc) is 2.61. The van der Waals surface area contributed by atoms with Crippen molar-refractivity contribution in [3.05, 3.63) is 21.4 Å². The molecule has 2 rings (SSSR count). The summed E-state index contributed by atoms with van der Waals surface area (Å²) < 4.78 is 0. The van der Waals surface area contributed by atoms with Crippen LogP contribution in [0.1, 0.15) is 42.7 Å². The molecule has 0 aliphatic heterocycles. The van der Waals surface area contributed by atoms with Crippen molar-refractivity contribution in [3.8, 4) is 0 Å². The van der Waals surface area contributed by atoms with Gasteiger partial charge >= 0.3 is 0 Å². The van der Waals surface area contributed by atoms with E-state index in [9.17, 15) is 0 Å². The first-order valence-electron chi connectivity index (χ1n) is 5.56. The van der Waals surface area contributed by atoms with Gasteiger partial charge in [-0.15, -0.1) is 11.3 Å². The van der Waals surface area contributed by atoms with E-state index in [4.69, 9.17) is 10.7 Å². The molecule has 0 unspecified atom stereocenters. The quantitative estimate of drug-likeness (QED) is 0.803. The van der Waals surface area contributed by atoms with Crippen LogP contribution in [0.5, 0.6) is 0 Å². The lowest BCUT2D eigenvalue weighted by atomic mass is 9.81. The average molecular weight is 225 g/mol. The number of aryl methyl sites for hydroxylation is 1. The van der Waals surface area contributed by atoms with Crippen LogP contribution in [0.4, 0.5) is 0 Å². The minimum absolute atomic E-state index is 0.0518. The van der Waals surface area contributed by atoms with Crippen LogP contribution in [0.3, 0.4) is 0 Å². The van der Waals surface area contributed by atoms with E-state index in [1.165, 1.54) is 31.2 Å². The van der Waals surface area contributed by atoms with Gasteiger partial charge < -0.3 is 4.84 Å². The molecule has 0 bridgehead atoms. The lowest BCUT2D eigenvalue weighted by Gasteiger charge is -2.25. The van der Waals surface area contributed by atoms with Crippen molar-refractivity contribution in [2.45, 2.75) is 44.9 Å². The summed E-state index contributed by atoms with van der Waals surface area (Å²) in [6.07, 6.45) is 5.18. The summed E-state index contributed by atoms with van der Waals surface area (Å²) in [7, 11) is 0. The Balaban J connectivity index is 2.32. The van der Waals surface area contributed by atoms with Crippen molar-refractivity contribution in [1.29, 1.82) is 0 Å². The van der Waals surface area contributed by atoms with E-state index in [0.717, 1.165) is 0 Å². The molecule has 3 heteroatoms. The van der Waals surface area contributed by atoms with Gasteiger partial charge in [-0.1, -0.05) is 13.8 Å². The molecule has 0 amide bonds. The van der Waals surface area contributed by atoms with Crippen LogP contribution in [0.15, 0.2) is 5.38 Å². The second kappa shape index (κ2) is 4.24. The standard InChI is InChI=1S/C12H19NOS/c1-12(2,8-14-13)10-7-15-11-6-4-3-5-9(10)11/h7H,3-6,8,13H2,1-2H3. The molecule has 2 N–H and O–H groups in total. The van der Waals surface area contributed by atoms with Gasteiger partial charge in [-0.05, 0) is 42.2 Å². The van der Waals surface area contributed by atoms with Crippen LogP contribution in [0, 0.1) is 0 Å². The van der Waals surface area contributed by atoms with Gasteiger partial charge in [-0.25, -0.2) is 5.90 Å². The summed E-state index contributed by atoms with van der Waals surface area (Å²) in [5.41, 5.74) is 3.08. The third kappa shape index (κ3) is 2.10. The SMILES string of the molecule is CC(C)(CON)c1csc2c1CCCC2. The highest BCUT2D eigenvalue weighted by atomic mass is 32.1. The van der Waals surface area contributed by atoms with Gasteiger partial charge in [0.2, 0.25) is 0 Å². The first kappa shape index (κ1) is 11.1. The molecule has 1 aromatic rings. The van der Waals surface area contributed by atoms with Crippen LogP contribution in [-0.2, 0) is 23.1 Å². The Bertz CT molecular complexity index is 343. The highest BCUT2D eigenvalue weighted by molar-refractivity contribution is 7.10. The Kier molecular flexibility index (Phi) is 3.14. The van der Waals surface area contributed by atoms with Crippen molar-refractivity contribution in [2.24, 2.45) is 5.90 Å². The van der Waals surface area contributed by atoms with Crippen molar-refractivity contribution >= 4 is 11.3 Å². The molecule has 0 spiro atoms. The molecule has 1 aliphatic rings. The van der Waals surface area contributed by atoms with Crippen LogP contribution < -0.4 is 5.90 Å². The fourth-order valence-corrected chi connectivity index (χ4v) is 3.69. The molecule has 1 heterocycles. The van der Waals surface area contributed by atoms with Crippen molar-refractivity contribution < 1.29 is 4.84 Å². The Morgan fingerprint density at radius 3 is 2.87 bits per heavy atom. The molecule has 0 radical (unpaired) electrons. The molecular weight excluding hydrogens is 206 g/mol. The molecule has 1 aromatic heterocycles. The maximum Gasteiger partial charge on any atom is 0.0770 e. The molecule has 84 valence electrons. The summed E-state index contributed by atoms with van der Waals surface area (Å²) in [4.78, 5) is 6.41. The zero-order valence-electron chi connectivity index (χ0n) is 9.51. The van der Waals surface area contributed by atoms with E-state index in [1.807, 2.05) is 11.3 Å². The van der Waals surface area contributed by atoms with Crippen LogP contribution in [0.25, 0.3) is 0 Å². The second-order valence-corrected chi connectivity index (χ2v) is 5.92. The Hall–Kier alpha value is -0.380. The fourth-order valence-electron chi connectivity index (χ4n) is 2.35. The lowest BCUT2D eigenvalue weighted by Crippen LogP contribution is -2.27. The summed E-state index contributed by atoms with van der Waals surface area (Å²) in [6, 6.07) is 0. The number of fused-ring (bicyclic) bond motifs is 1. The summed E-state index contributed by atoms with van der Waals surface area (Å²) >= 11 is 1.91. The topological polar surface area (TPSA) is 35.2 Å². The molecular formula is C12H19NOS. The van der Waals surface area contributed by atoms with E-state index in [0.29, 0.717) is 6.61 Å². The minimum atomic E-state index is 0.0518. The molecule has 0 aromatic carbocycles. The molecule has 0 fully saturated rings. The van der Waals surface area contributed by atoms with Gasteiger partial charge in [0.05, 0.1) is 6.61 Å². The van der Waals surface area contributed by atoms with Gasteiger partial charge in [0.25, 0.3) is 0 Å². The first-order chi connectivity index (χ1) is 7.15. The minimum Gasteiger partial charge on any atom is -0.304 e. The lowest BCUT2D eigenvalue weighted by molar-refractivity contribution is 0.0962. The number of rotatable bonds is 3. The van der Waals surface area contributed by atoms with Gasteiger partial charge in [0.1, 0.15) is 0 Å². The predicted octanol–water partition coefficient (Wildman–Crippen LogP) is 2.79. The van der Waals surface area contributed by atoms with Crippen molar-refractivity contribution in [1.82, 2.24) is 0 Å². The summed E-state index contributed by atoms with van der Waals surface area (Å²) in [5, 5.41) is 2.30.